The number of hydrogen-bond acceptors (Lipinski definition) is 3. The zero-order valence-corrected chi connectivity index (χ0v) is 56.8. The first kappa shape index (κ1) is 58.7. The number of rotatable bonds is 6. The second-order valence-corrected chi connectivity index (χ2v) is 27.6. The SMILES string of the molecule is c1ccc(-c2ccc(-c3cccc(-n4c5cccc6c5c5c7c(cccc7ccc54)-c4ccccc4-6)c3)cc2)cc1.c1ccc(-c2cccc(-n3c4cccc5c4c4c6c(cccc6ccc43)-c3ccccc3-5)n2)cc1.c1cnc(-n2c3cccc4c3c3c5c(cccc5ccc32)-c2ccccc2-4)nc1. The zero-order valence-electron chi connectivity index (χ0n) is 56.8. The number of pyridine rings is 1. The van der Waals surface area contributed by atoms with Gasteiger partial charge in [0.25, 0.3) is 0 Å². The van der Waals surface area contributed by atoms with Crippen LogP contribution in [-0.4, -0.2) is 28.7 Å². The molecule has 16 aromatic carbocycles. The Morgan fingerprint density at radius 1 is 0.190 bits per heavy atom. The molecule has 5 aromatic heterocycles. The first-order valence-corrected chi connectivity index (χ1v) is 36.0. The fraction of sp³-hybridized carbons (Fsp3) is 0. The van der Waals surface area contributed by atoms with Crippen molar-refractivity contribution < 1.29 is 0 Å². The van der Waals surface area contributed by atoms with Gasteiger partial charge in [-0.25, -0.2) is 15.0 Å². The van der Waals surface area contributed by atoms with Crippen molar-refractivity contribution >= 4 is 97.7 Å². The molecule has 0 N–H and O–H groups in total. The van der Waals surface area contributed by atoms with Gasteiger partial charge in [-0.1, -0.05) is 285 Å². The van der Waals surface area contributed by atoms with Crippen LogP contribution in [0.2, 0.25) is 0 Å². The predicted molar refractivity (Wildman–Crippen MR) is 438 cm³/mol. The van der Waals surface area contributed by atoms with Crippen molar-refractivity contribution in [1.82, 2.24) is 28.7 Å². The van der Waals surface area contributed by atoms with E-state index in [4.69, 9.17) is 4.98 Å². The van der Waals surface area contributed by atoms with Crippen molar-refractivity contribution in [3.63, 3.8) is 0 Å². The van der Waals surface area contributed by atoms with Crippen molar-refractivity contribution in [2.45, 2.75) is 0 Å². The molecule has 21 aromatic rings. The van der Waals surface area contributed by atoms with Gasteiger partial charge in [-0.05, 0) is 188 Å². The van der Waals surface area contributed by atoms with Gasteiger partial charge in [-0.2, -0.15) is 0 Å². The van der Waals surface area contributed by atoms with E-state index in [-0.39, 0.29) is 0 Å². The summed E-state index contributed by atoms with van der Waals surface area (Å²) >= 11 is 0. The lowest BCUT2D eigenvalue weighted by Gasteiger charge is -2.14. The molecule has 0 saturated carbocycles. The van der Waals surface area contributed by atoms with E-state index in [0.717, 1.165) is 28.1 Å². The first-order chi connectivity index (χ1) is 52.1. The van der Waals surface area contributed by atoms with Crippen LogP contribution >= 0.6 is 0 Å². The first-order valence-electron chi connectivity index (χ1n) is 36.0. The van der Waals surface area contributed by atoms with Crippen molar-refractivity contribution in [2.75, 3.05) is 0 Å². The number of hydrogen-bond donors (Lipinski definition) is 0. The summed E-state index contributed by atoms with van der Waals surface area (Å²) in [5.74, 6) is 1.64. The van der Waals surface area contributed by atoms with E-state index < -0.39 is 0 Å². The monoisotopic (exact) mass is 1330 g/mol. The Morgan fingerprint density at radius 2 is 0.524 bits per heavy atom. The second kappa shape index (κ2) is 23.2. The molecule has 0 amide bonds. The Labute approximate surface area is 604 Å². The molecule has 6 nitrogen and oxygen atoms in total. The molecule has 0 saturated heterocycles. The summed E-state index contributed by atoms with van der Waals surface area (Å²) in [6, 6.07) is 127. The van der Waals surface area contributed by atoms with Crippen molar-refractivity contribution in [2.24, 2.45) is 0 Å². The quantitative estimate of drug-likeness (QED) is 0.167. The van der Waals surface area contributed by atoms with Gasteiger partial charge in [-0.3, -0.25) is 9.13 Å². The van der Waals surface area contributed by atoms with E-state index in [1.54, 1.807) is 12.4 Å². The Hall–Kier alpha value is -14.1. The third-order valence-electron chi connectivity index (χ3n) is 22.1. The molecule has 0 atom stereocenters. The molecule has 486 valence electrons. The molecule has 3 aliphatic carbocycles. The van der Waals surface area contributed by atoms with Gasteiger partial charge >= 0.3 is 0 Å². The van der Waals surface area contributed by atoms with Crippen LogP contribution in [0.3, 0.4) is 0 Å². The van der Waals surface area contributed by atoms with Crippen LogP contribution in [0, 0.1) is 0 Å². The van der Waals surface area contributed by atoms with Crippen LogP contribution in [0.15, 0.2) is 364 Å². The molecular weight excluding hydrogens is 1270 g/mol. The minimum atomic E-state index is 0.704. The Morgan fingerprint density at radius 3 is 1.00 bits per heavy atom. The summed E-state index contributed by atoms with van der Waals surface area (Å²) < 4.78 is 6.99. The van der Waals surface area contributed by atoms with Gasteiger partial charge in [0, 0.05) is 56.0 Å². The summed E-state index contributed by atoms with van der Waals surface area (Å²) in [6.45, 7) is 0. The highest BCUT2D eigenvalue weighted by atomic mass is 15.1. The number of nitrogens with zero attached hydrogens (tertiary/aromatic N) is 6. The number of benzene rings is 16. The molecule has 0 bridgehead atoms. The number of aromatic nitrogens is 6. The molecule has 0 unspecified atom stereocenters. The van der Waals surface area contributed by atoms with Crippen molar-refractivity contribution in [3.05, 3.63) is 364 Å². The molecule has 0 aliphatic heterocycles. The smallest absolute Gasteiger partial charge is 0.234 e. The Balaban J connectivity index is 0.000000100. The Bertz CT molecular complexity index is 7180. The van der Waals surface area contributed by atoms with Crippen molar-refractivity contribution in [3.8, 4) is 118 Å². The zero-order chi connectivity index (χ0) is 68.8. The third-order valence-corrected chi connectivity index (χ3v) is 22.1. The predicted octanol–water partition coefficient (Wildman–Crippen LogP) is 25.9. The van der Waals surface area contributed by atoms with Crippen LogP contribution in [0.5, 0.6) is 0 Å². The van der Waals surface area contributed by atoms with Gasteiger partial charge < -0.3 is 4.57 Å². The maximum absolute atomic E-state index is 5.14. The normalized spacial score (nSPS) is 12.0. The highest BCUT2D eigenvalue weighted by molar-refractivity contribution is 6.33. The average molecular weight is 1330 g/mol. The Kier molecular flexibility index (Phi) is 13.0. The van der Waals surface area contributed by atoms with Crippen molar-refractivity contribution in [1.29, 1.82) is 0 Å². The highest BCUT2D eigenvalue weighted by Gasteiger charge is 2.29. The fourth-order valence-electron chi connectivity index (χ4n) is 17.8. The summed E-state index contributed by atoms with van der Waals surface area (Å²) in [7, 11) is 0. The van der Waals surface area contributed by atoms with Gasteiger partial charge in [0.15, 0.2) is 0 Å². The standard InChI is InChI=1S/C40H25N.C33H20N2.C26H15N3/c1-2-9-26(10-3-1)27-19-21-28(22-20-27)30-12-6-13-31(25-30)41-36-18-8-17-35-33-15-5-4-14-32(33)34-16-7-11-29-23-24-37(41)40(38(29)34)39(35)36;1-2-9-21(10-3-1)27-16-8-18-30(34-27)35-28-17-7-15-26-24-13-5-4-12-23(24)25-14-6-11-22-19-20-29(35)33(31(22)25)32(26)28;1-2-8-18-17(7-1)19-9-3-6-16-12-13-22-25(23(16)19)24-20(18)10-4-11-21(24)29(22)26-27-14-5-15-28-26/h1-25H;1-20H;1-15H. The van der Waals surface area contributed by atoms with E-state index in [9.17, 15) is 0 Å². The van der Waals surface area contributed by atoms with Crippen LogP contribution in [0.25, 0.3) is 215 Å². The lowest BCUT2D eigenvalue weighted by atomic mass is 9.93. The van der Waals surface area contributed by atoms with E-state index in [0.29, 0.717) is 5.95 Å². The maximum Gasteiger partial charge on any atom is 0.234 e. The van der Waals surface area contributed by atoms with Gasteiger partial charge in [0.1, 0.15) is 5.82 Å². The third kappa shape index (κ3) is 8.87. The molecular formula is C99H60N6. The average Bonchev–Trinajstić information content (AvgIpc) is 1.56. The summed E-state index contributed by atoms with van der Waals surface area (Å²) in [6.07, 6.45) is 3.61. The lowest BCUT2D eigenvalue weighted by Crippen LogP contribution is -1.99. The molecule has 5 heterocycles. The molecule has 3 aliphatic rings. The van der Waals surface area contributed by atoms with Crippen LogP contribution < -0.4 is 0 Å². The van der Waals surface area contributed by atoms with Gasteiger partial charge in [-0.15, -0.1) is 0 Å². The maximum atomic E-state index is 5.14. The van der Waals surface area contributed by atoms with E-state index in [2.05, 4.69) is 363 Å². The minimum absolute atomic E-state index is 0.704. The topological polar surface area (TPSA) is 53.5 Å². The summed E-state index contributed by atoms with van der Waals surface area (Å²) in [4.78, 5) is 14.3. The second-order valence-electron chi connectivity index (χ2n) is 27.6. The van der Waals surface area contributed by atoms with Gasteiger partial charge in [0.2, 0.25) is 5.95 Å². The fourth-order valence-corrected chi connectivity index (χ4v) is 17.8. The van der Waals surface area contributed by atoms with E-state index >= 15 is 0 Å². The van der Waals surface area contributed by atoms with Gasteiger partial charge in [0.05, 0.1) is 38.8 Å². The molecule has 105 heavy (non-hydrogen) atoms. The number of fused-ring (bicyclic) bond motifs is 9. The van der Waals surface area contributed by atoms with Crippen LogP contribution in [0.4, 0.5) is 0 Å². The molecule has 0 radical (unpaired) electrons. The minimum Gasteiger partial charge on any atom is -0.309 e. The summed E-state index contributed by atoms with van der Waals surface area (Å²) in [5, 5.41) is 15.6. The highest BCUT2D eigenvalue weighted by Crippen LogP contribution is 2.53. The van der Waals surface area contributed by atoms with Crippen LogP contribution in [-0.2, 0) is 0 Å². The molecule has 0 spiro atoms. The lowest BCUT2D eigenvalue weighted by molar-refractivity contribution is 0.989. The molecule has 24 rings (SSSR count). The summed E-state index contributed by atoms with van der Waals surface area (Å²) in [5.41, 5.74) is 30.8. The molecule has 6 heteroatoms. The van der Waals surface area contributed by atoms with E-state index in [1.807, 2.05) is 12.1 Å². The van der Waals surface area contributed by atoms with Crippen LogP contribution in [0.1, 0.15) is 0 Å². The van der Waals surface area contributed by atoms with E-state index in [1.165, 1.54) is 181 Å². The molecule has 0 fully saturated rings. The largest absolute Gasteiger partial charge is 0.309 e.